The number of carbonyl (C=O) groups is 2. The van der Waals surface area contributed by atoms with Crippen LogP contribution in [0.25, 0.3) is 0 Å². The number of carbonyl (C=O) groups excluding carboxylic acids is 2. The van der Waals surface area contributed by atoms with Gasteiger partial charge in [0.2, 0.25) is 0 Å². The van der Waals surface area contributed by atoms with Gasteiger partial charge in [0, 0.05) is 0 Å². The fourth-order valence-electron chi connectivity index (χ4n) is 1.12. The van der Waals surface area contributed by atoms with Gasteiger partial charge in [0.1, 0.15) is 11.6 Å². The van der Waals surface area contributed by atoms with Crippen molar-refractivity contribution in [1.82, 2.24) is 5.32 Å². The van der Waals surface area contributed by atoms with Crippen LogP contribution < -0.4 is 5.32 Å². The number of hydrogen-bond acceptors (Lipinski definition) is 4. The number of alkyl halides is 1. The lowest BCUT2D eigenvalue weighted by Gasteiger charge is -2.22. The van der Waals surface area contributed by atoms with E-state index in [1.54, 1.807) is 20.8 Å². The molecule has 0 aromatic heterocycles. The van der Waals surface area contributed by atoms with Gasteiger partial charge >= 0.3 is 12.1 Å². The number of amides is 1. The predicted octanol–water partition coefficient (Wildman–Crippen LogP) is 1.80. The maximum atomic E-state index is 12.0. The van der Waals surface area contributed by atoms with Crippen molar-refractivity contribution in [2.45, 2.75) is 45.3 Å². The number of hydrogen-bond donors (Lipinski definition) is 1. The van der Waals surface area contributed by atoms with E-state index >= 15 is 0 Å². The number of nitrogens with one attached hydrogen (secondary N) is 1. The standard InChI is InChI=1S/C11H20FNO4/c1-11(2,3)17-10(15)13-8(6-5-7-12)9(14)16-4/h8H,5-7H2,1-4H3,(H,13,15). The van der Waals surface area contributed by atoms with Crippen LogP contribution in [0.4, 0.5) is 9.18 Å². The van der Waals surface area contributed by atoms with Gasteiger partial charge in [-0.3, -0.25) is 4.39 Å². The van der Waals surface area contributed by atoms with Gasteiger partial charge in [-0.1, -0.05) is 0 Å². The van der Waals surface area contributed by atoms with Gasteiger partial charge < -0.3 is 14.8 Å². The molecule has 0 aromatic carbocycles. The van der Waals surface area contributed by atoms with E-state index in [1.807, 2.05) is 0 Å². The van der Waals surface area contributed by atoms with Gasteiger partial charge in [0.15, 0.2) is 0 Å². The molecular formula is C11H20FNO4. The first-order valence-corrected chi connectivity index (χ1v) is 5.43. The lowest BCUT2D eigenvalue weighted by atomic mass is 10.1. The molecule has 0 bridgehead atoms. The molecule has 0 heterocycles. The monoisotopic (exact) mass is 249 g/mol. The molecule has 1 amide bonds. The highest BCUT2D eigenvalue weighted by molar-refractivity contribution is 5.81. The van der Waals surface area contributed by atoms with E-state index in [4.69, 9.17) is 4.74 Å². The Morgan fingerprint density at radius 2 is 1.94 bits per heavy atom. The fourth-order valence-corrected chi connectivity index (χ4v) is 1.12. The molecule has 0 saturated carbocycles. The molecule has 0 rings (SSSR count). The topological polar surface area (TPSA) is 64.6 Å². The highest BCUT2D eigenvalue weighted by Crippen LogP contribution is 2.08. The number of rotatable bonds is 5. The Kier molecular flexibility index (Phi) is 6.53. The number of esters is 1. The first-order valence-electron chi connectivity index (χ1n) is 5.43. The van der Waals surface area contributed by atoms with Crippen LogP contribution in [0.2, 0.25) is 0 Å². The van der Waals surface area contributed by atoms with Crippen LogP contribution in [0.1, 0.15) is 33.6 Å². The van der Waals surface area contributed by atoms with Crippen LogP contribution in [0, 0.1) is 0 Å². The zero-order chi connectivity index (χ0) is 13.5. The summed E-state index contributed by atoms with van der Waals surface area (Å²) in [4.78, 5) is 22.7. The first-order chi connectivity index (χ1) is 7.80. The third-order valence-corrected chi connectivity index (χ3v) is 1.80. The largest absolute Gasteiger partial charge is 0.467 e. The van der Waals surface area contributed by atoms with E-state index in [0.29, 0.717) is 0 Å². The lowest BCUT2D eigenvalue weighted by molar-refractivity contribution is -0.143. The van der Waals surface area contributed by atoms with E-state index < -0.39 is 30.4 Å². The summed E-state index contributed by atoms with van der Waals surface area (Å²) in [6.45, 7) is 4.58. The number of methoxy groups -OCH3 is 1. The zero-order valence-electron chi connectivity index (χ0n) is 10.7. The zero-order valence-corrected chi connectivity index (χ0v) is 10.7. The number of halogens is 1. The van der Waals surface area contributed by atoms with Crippen molar-refractivity contribution < 1.29 is 23.5 Å². The first kappa shape index (κ1) is 15.7. The molecule has 0 aliphatic heterocycles. The normalized spacial score (nSPS) is 12.8. The Morgan fingerprint density at radius 1 is 1.35 bits per heavy atom. The van der Waals surface area contributed by atoms with Crippen LogP contribution in [0.5, 0.6) is 0 Å². The number of alkyl carbamates (subject to hydrolysis) is 1. The molecule has 0 fully saturated rings. The second kappa shape index (κ2) is 7.09. The summed E-state index contributed by atoms with van der Waals surface area (Å²) in [5.74, 6) is -0.607. The van der Waals surface area contributed by atoms with Gasteiger partial charge in [0.05, 0.1) is 13.8 Å². The van der Waals surface area contributed by atoms with Crippen molar-refractivity contribution in [2.75, 3.05) is 13.8 Å². The Balaban J connectivity index is 4.32. The molecule has 0 aliphatic carbocycles. The van der Waals surface area contributed by atoms with Crippen molar-refractivity contribution in [3.63, 3.8) is 0 Å². The minimum Gasteiger partial charge on any atom is -0.467 e. The molecule has 1 N–H and O–H groups in total. The highest BCUT2D eigenvalue weighted by atomic mass is 19.1. The minimum absolute atomic E-state index is 0.176. The molecule has 1 unspecified atom stereocenters. The van der Waals surface area contributed by atoms with Crippen molar-refractivity contribution in [1.29, 1.82) is 0 Å². The summed E-state index contributed by atoms with van der Waals surface area (Å²) >= 11 is 0. The van der Waals surface area contributed by atoms with Crippen LogP contribution in [0.3, 0.4) is 0 Å². The molecular weight excluding hydrogens is 229 g/mol. The van der Waals surface area contributed by atoms with Crippen molar-refractivity contribution in [3.05, 3.63) is 0 Å². The van der Waals surface area contributed by atoms with E-state index in [2.05, 4.69) is 10.1 Å². The molecule has 0 saturated heterocycles. The minimum atomic E-state index is -0.870. The summed E-state index contributed by atoms with van der Waals surface area (Å²) in [6.07, 6.45) is -0.357. The maximum absolute atomic E-state index is 12.0. The van der Waals surface area contributed by atoms with Crippen molar-refractivity contribution in [3.8, 4) is 0 Å². The van der Waals surface area contributed by atoms with Crippen molar-refractivity contribution in [2.24, 2.45) is 0 Å². The van der Waals surface area contributed by atoms with Crippen LogP contribution in [0.15, 0.2) is 0 Å². The highest BCUT2D eigenvalue weighted by Gasteiger charge is 2.24. The van der Waals surface area contributed by atoms with Gasteiger partial charge in [0.25, 0.3) is 0 Å². The summed E-state index contributed by atoms with van der Waals surface area (Å²) in [5.41, 5.74) is -0.648. The second-order valence-corrected chi connectivity index (χ2v) is 4.55. The average molecular weight is 249 g/mol. The molecule has 0 radical (unpaired) electrons. The van der Waals surface area contributed by atoms with Crippen LogP contribution in [-0.2, 0) is 14.3 Å². The molecule has 17 heavy (non-hydrogen) atoms. The lowest BCUT2D eigenvalue weighted by Crippen LogP contribution is -2.44. The second-order valence-electron chi connectivity index (χ2n) is 4.55. The molecule has 6 heteroatoms. The van der Waals surface area contributed by atoms with Gasteiger partial charge in [-0.15, -0.1) is 0 Å². The van der Waals surface area contributed by atoms with E-state index in [-0.39, 0.29) is 12.8 Å². The smallest absolute Gasteiger partial charge is 0.408 e. The molecule has 0 aliphatic rings. The molecule has 100 valence electrons. The number of ether oxygens (including phenoxy) is 2. The van der Waals surface area contributed by atoms with Crippen molar-refractivity contribution >= 4 is 12.1 Å². The Labute approximate surface area is 101 Å². The van der Waals surface area contributed by atoms with E-state index in [1.165, 1.54) is 7.11 Å². The fraction of sp³-hybridized carbons (Fsp3) is 0.818. The summed E-state index contributed by atoms with van der Waals surface area (Å²) < 4.78 is 21.5. The molecule has 5 nitrogen and oxygen atoms in total. The van der Waals surface area contributed by atoms with Gasteiger partial charge in [-0.25, -0.2) is 9.59 Å². The molecule has 0 aromatic rings. The Morgan fingerprint density at radius 3 is 2.35 bits per heavy atom. The predicted molar refractivity (Wildman–Crippen MR) is 60.4 cm³/mol. The van der Waals surface area contributed by atoms with E-state index in [0.717, 1.165) is 0 Å². The summed E-state index contributed by atoms with van der Waals surface area (Å²) in [7, 11) is 1.21. The maximum Gasteiger partial charge on any atom is 0.408 e. The van der Waals surface area contributed by atoms with E-state index in [9.17, 15) is 14.0 Å². The SMILES string of the molecule is COC(=O)C(CCCF)NC(=O)OC(C)(C)C. The Hall–Kier alpha value is -1.33. The van der Waals surface area contributed by atoms with Gasteiger partial charge in [-0.05, 0) is 33.6 Å². The quantitative estimate of drug-likeness (QED) is 0.755. The average Bonchev–Trinajstić information content (AvgIpc) is 2.20. The van der Waals surface area contributed by atoms with Crippen LogP contribution >= 0.6 is 0 Å². The third kappa shape index (κ3) is 7.54. The summed E-state index contributed by atoms with van der Waals surface area (Å²) in [6, 6.07) is -0.870. The molecule has 0 spiro atoms. The third-order valence-electron chi connectivity index (χ3n) is 1.80. The summed E-state index contributed by atoms with van der Waals surface area (Å²) in [5, 5.41) is 2.36. The van der Waals surface area contributed by atoms with Gasteiger partial charge in [-0.2, -0.15) is 0 Å². The molecule has 1 atom stereocenters. The Bertz CT molecular complexity index is 263. The van der Waals surface area contributed by atoms with Crippen LogP contribution in [-0.4, -0.2) is 37.5 Å².